The van der Waals surface area contributed by atoms with Crippen molar-refractivity contribution in [1.29, 1.82) is 0 Å². The Bertz CT molecular complexity index is 852. The van der Waals surface area contributed by atoms with Crippen LogP contribution in [0.1, 0.15) is 39.8 Å². The molecule has 0 aliphatic carbocycles. The monoisotopic (exact) mass is 346 g/mol. The number of hydrogen-bond acceptors (Lipinski definition) is 2. The number of aryl methyl sites for hydroxylation is 1. The molecule has 0 aromatic heterocycles. The Morgan fingerprint density at radius 2 is 1.52 bits per heavy atom. The molecule has 3 aromatic rings. The smallest absolute Gasteiger partial charge is 0.118 e. The molecule has 0 radical (unpaired) electrons. The van der Waals surface area contributed by atoms with E-state index in [1.54, 1.807) is 7.11 Å². The molecule has 1 aliphatic heterocycles. The van der Waals surface area contributed by atoms with Crippen molar-refractivity contribution < 1.29 is 4.74 Å². The van der Waals surface area contributed by atoms with Crippen molar-refractivity contribution in [3.63, 3.8) is 0 Å². The van der Waals surface area contributed by atoms with Crippen molar-refractivity contribution in [2.45, 2.75) is 29.4 Å². The van der Waals surface area contributed by atoms with Gasteiger partial charge in [-0.2, -0.15) is 0 Å². The first-order chi connectivity index (χ1) is 12.2. The Morgan fingerprint density at radius 3 is 2.24 bits per heavy atom. The van der Waals surface area contributed by atoms with Gasteiger partial charge in [0, 0.05) is 16.1 Å². The van der Waals surface area contributed by atoms with E-state index in [1.807, 2.05) is 11.8 Å². The van der Waals surface area contributed by atoms with Crippen LogP contribution in [0, 0.1) is 6.92 Å². The fourth-order valence-corrected chi connectivity index (χ4v) is 4.95. The molecular weight excluding hydrogens is 324 g/mol. The molecule has 0 fully saturated rings. The molecule has 3 aromatic carbocycles. The summed E-state index contributed by atoms with van der Waals surface area (Å²) in [5, 5.41) is 0.465. The summed E-state index contributed by atoms with van der Waals surface area (Å²) in [7, 11) is 1.72. The second-order valence-corrected chi connectivity index (χ2v) is 7.86. The lowest BCUT2D eigenvalue weighted by molar-refractivity contribution is 0.414. The average Bonchev–Trinajstić information content (AvgIpc) is 2.68. The SMILES string of the molecule is COc1ccc([C@@H]2C[C@H](c3ccc(C)cc3)c3ccccc3S2)cc1. The normalized spacial score (nSPS) is 19.3. The van der Waals surface area contributed by atoms with E-state index in [0.717, 1.165) is 12.2 Å². The van der Waals surface area contributed by atoms with Crippen molar-refractivity contribution in [3.05, 3.63) is 95.1 Å². The topological polar surface area (TPSA) is 9.23 Å². The molecule has 1 nitrogen and oxygen atoms in total. The van der Waals surface area contributed by atoms with Crippen LogP contribution in [0.15, 0.2) is 77.7 Å². The fourth-order valence-electron chi connectivity index (χ4n) is 3.56. The van der Waals surface area contributed by atoms with Gasteiger partial charge in [-0.3, -0.25) is 0 Å². The number of hydrogen-bond donors (Lipinski definition) is 0. The minimum atomic E-state index is 0.449. The lowest BCUT2D eigenvalue weighted by Gasteiger charge is -2.32. The zero-order chi connectivity index (χ0) is 17.2. The molecule has 25 heavy (non-hydrogen) atoms. The molecule has 0 saturated heterocycles. The summed E-state index contributed by atoms with van der Waals surface area (Å²) in [5.74, 6) is 1.37. The molecule has 0 saturated carbocycles. The van der Waals surface area contributed by atoms with Crippen LogP contribution in [-0.2, 0) is 0 Å². The van der Waals surface area contributed by atoms with Gasteiger partial charge in [0.25, 0.3) is 0 Å². The third kappa shape index (κ3) is 3.32. The van der Waals surface area contributed by atoms with Crippen molar-refractivity contribution in [3.8, 4) is 5.75 Å². The maximum atomic E-state index is 5.31. The summed E-state index contributed by atoms with van der Waals surface area (Å²) in [5.41, 5.74) is 5.56. The highest BCUT2D eigenvalue weighted by Crippen LogP contribution is 2.51. The van der Waals surface area contributed by atoms with Gasteiger partial charge in [-0.05, 0) is 48.2 Å². The summed E-state index contributed by atoms with van der Waals surface area (Å²) in [6, 6.07) is 26.4. The van der Waals surface area contributed by atoms with Gasteiger partial charge in [0.2, 0.25) is 0 Å². The van der Waals surface area contributed by atoms with Crippen LogP contribution in [0.5, 0.6) is 5.75 Å². The van der Waals surface area contributed by atoms with Gasteiger partial charge >= 0.3 is 0 Å². The van der Waals surface area contributed by atoms with Gasteiger partial charge in [0.15, 0.2) is 0 Å². The van der Waals surface area contributed by atoms with E-state index in [1.165, 1.54) is 27.1 Å². The van der Waals surface area contributed by atoms with Crippen LogP contribution in [-0.4, -0.2) is 7.11 Å². The van der Waals surface area contributed by atoms with Gasteiger partial charge in [0.05, 0.1) is 7.11 Å². The lowest BCUT2D eigenvalue weighted by Crippen LogP contribution is -2.12. The van der Waals surface area contributed by atoms with E-state index in [9.17, 15) is 0 Å². The maximum absolute atomic E-state index is 5.31. The molecule has 0 bridgehead atoms. The largest absolute Gasteiger partial charge is 0.497 e. The zero-order valence-corrected chi connectivity index (χ0v) is 15.4. The molecule has 2 heteroatoms. The van der Waals surface area contributed by atoms with E-state index in [0.29, 0.717) is 11.2 Å². The molecule has 0 unspecified atom stereocenters. The van der Waals surface area contributed by atoms with Gasteiger partial charge in [-0.25, -0.2) is 0 Å². The summed E-state index contributed by atoms with van der Waals surface area (Å²) in [4.78, 5) is 1.40. The first-order valence-electron chi connectivity index (χ1n) is 8.70. The van der Waals surface area contributed by atoms with E-state index < -0.39 is 0 Å². The van der Waals surface area contributed by atoms with Crippen molar-refractivity contribution >= 4 is 11.8 Å². The third-order valence-electron chi connectivity index (χ3n) is 4.98. The third-order valence-corrected chi connectivity index (χ3v) is 6.36. The zero-order valence-electron chi connectivity index (χ0n) is 14.6. The molecule has 2 atom stereocenters. The summed E-state index contributed by atoms with van der Waals surface area (Å²) in [6.45, 7) is 2.15. The van der Waals surface area contributed by atoms with E-state index in [2.05, 4.69) is 79.7 Å². The summed E-state index contributed by atoms with van der Waals surface area (Å²) >= 11 is 1.98. The molecule has 4 rings (SSSR count). The second kappa shape index (κ2) is 6.97. The second-order valence-electron chi connectivity index (χ2n) is 6.62. The minimum absolute atomic E-state index is 0.449. The molecule has 126 valence electrons. The van der Waals surface area contributed by atoms with Crippen LogP contribution < -0.4 is 4.74 Å². The van der Waals surface area contributed by atoms with Gasteiger partial charge in [0.1, 0.15) is 5.75 Å². The molecular formula is C23H22OS. The van der Waals surface area contributed by atoms with Crippen LogP contribution in [0.25, 0.3) is 0 Å². The van der Waals surface area contributed by atoms with Crippen LogP contribution in [0.4, 0.5) is 0 Å². The Morgan fingerprint density at radius 1 is 0.840 bits per heavy atom. The summed E-state index contributed by atoms with van der Waals surface area (Å²) in [6.07, 6.45) is 1.12. The van der Waals surface area contributed by atoms with Crippen LogP contribution in [0.3, 0.4) is 0 Å². The number of fused-ring (bicyclic) bond motifs is 1. The average molecular weight is 346 g/mol. The number of thioether (sulfide) groups is 1. The van der Waals surface area contributed by atoms with Crippen LogP contribution >= 0.6 is 11.8 Å². The summed E-state index contributed by atoms with van der Waals surface area (Å²) < 4.78 is 5.31. The highest BCUT2D eigenvalue weighted by Gasteiger charge is 2.29. The fraction of sp³-hybridized carbons (Fsp3) is 0.217. The highest BCUT2D eigenvalue weighted by molar-refractivity contribution is 7.99. The van der Waals surface area contributed by atoms with Crippen LogP contribution in [0.2, 0.25) is 0 Å². The van der Waals surface area contributed by atoms with Crippen molar-refractivity contribution in [1.82, 2.24) is 0 Å². The number of methoxy groups -OCH3 is 1. The predicted molar refractivity (Wildman–Crippen MR) is 106 cm³/mol. The molecule has 0 spiro atoms. The van der Waals surface area contributed by atoms with Crippen molar-refractivity contribution in [2.75, 3.05) is 7.11 Å². The predicted octanol–water partition coefficient (Wildman–Crippen LogP) is 6.37. The minimum Gasteiger partial charge on any atom is -0.497 e. The lowest BCUT2D eigenvalue weighted by atomic mass is 9.85. The van der Waals surface area contributed by atoms with E-state index >= 15 is 0 Å². The number of benzene rings is 3. The highest BCUT2D eigenvalue weighted by atomic mass is 32.2. The van der Waals surface area contributed by atoms with Gasteiger partial charge in [-0.1, -0.05) is 60.2 Å². The molecule has 1 heterocycles. The standard InChI is InChI=1S/C23H22OS/c1-16-7-9-17(10-8-16)21-15-23(18-11-13-19(24-2)14-12-18)25-22-6-4-3-5-20(21)22/h3-14,21,23H,15H2,1-2H3/t21-,23+/m1/s1. The Kier molecular flexibility index (Phi) is 4.54. The first kappa shape index (κ1) is 16.3. The Hall–Kier alpha value is -2.19. The first-order valence-corrected chi connectivity index (χ1v) is 9.58. The van der Waals surface area contributed by atoms with E-state index in [4.69, 9.17) is 4.74 Å². The van der Waals surface area contributed by atoms with Gasteiger partial charge < -0.3 is 4.74 Å². The Balaban J connectivity index is 1.71. The molecule has 0 N–H and O–H groups in total. The van der Waals surface area contributed by atoms with Crippen molar-refractivity contribution in [2.24, 2.45) is 0 Å². The quantitative estimate of drug-likeness (QED) is 0.545. The molecule has 0 amide bonds. The number of rotatable bonds is 3. The van der Waals surface area contributed by atoms with E-state index in [-0.39, 0.29) is 0 Å². The maximum Gasteiger partial charge on any atom is 0.118 e. The molecule has 1 aliphatic rings. The van der Waals surface area contributed by atoms with Gasteiger partial charge in [-0.15, -0.1) is 11.8 Å². The number of ether oxygens (including phenoxy) is 1. The Labute approximate surface area is 154 Å².